The number of anilines is 1. The Bertz CT molecular complexity index is 952. The molecule has 2 aliphatic heterocycles. The third-order valence-electron chi connectivity index (χ3n) is 7.60. The maximum Gasteiger partial charge on any atom is 0.437 e. The van der Waals surface area contributed by atoms with Crippen molar-refractivity contribution in [2.45, 2.75) is 50.2 Å². The minimum atomic E-state index is -4.48. The Labute approximate surface area is 186 Å². The minimum Gasteiger partial charge on any atom is -0.496 e. The summed E-state index contributed by atoms with van der Waals surface area (Å²) in [6, 6.07) is 8.82. The average Bonchev–Trinajstić information content (AvgIpc) is 3.24. The molecule has 5 rings (SSSR count). The second kappa shape index (κ2) is 8.21. The van der Waals surface area contributed by atoms with E-state index in [2.05, 4.69) is 27.0 Å². The van der Waals surface area contributed by atoms with Crippen LogP contribution >= 0.6 is 0 Å². The van der Waals surface area contributed by atoms with Gasteiger partial charge in [0.05, 0.1) is 7.11 Å². The lowest BCUT2D eigenvalue weighted by Crippen LogP contribution is -2.56. The highest BCUT2D eigenvalue weighted by Gasteiger charge is 2.51. The number of rotatable bonds is 4. The number of halogens is 3. The smallest absolute Gasteiger partial charge is 0.437 e. The van der Waals surface area contributed by atoms with Gasteiger partial charge in [0, 0.05) is 36.9 Å². The van der Waals surface area contributed by atoms with Crippen molar-refractivity contribution < 1.29 is 17.9 Å². The van der Waals surface area contributed by atoms with Gasteiger partial charge in [-0.15, -0.1) is 0 Å². The minimum absolute atomic E-state index is 0.0216. The third kappa shape index (κ3) is 3.93. The van der Waals surface area contributed by atoms with Crippen LogP contribution in [0.5, 0.6) is 5.75 Å². The van der Waals surface area contributed by atoms with Crippen LogP contribution in [0.15, 0.2) is 36.7 Å². The van der Waals surface area contributed by atoms with Crippen LogP contribution in [0.1, 0.15) is 49.3 Å². The third-order valence-corrected chi connectivity index (χ3v) is 7.60. The van der Waals surface area contributed by atoms with Gasteiger partial charge in [0.25, 0.3) is 0 Å². The lowest BCUT2D eigenvalue weighted by molar-refractivity contribution is -0.141. The molecule has 1 aromatic carbocycles. The van der Waals surface area contributed by atoms with Crippen molar-refractivity contribution in [2.24, 2.45) is 5.41 Å². The zero-order valence-corrected chi connectivity index (χ0v) is 18.3. The van der Waals surface area contributed by atoms with Gasteiger partial charge in [0.1, 0.15) is 5.75 Å². The van der Waals surface area contributed by atoms with Gasteiger partial charge in [0.2, 0.25) is 0 Å². The molecular formula is C24H29F3N4O. The Kier molecular flexibility index (Phi) is 5.51. The van der Waals surface area contributed by atoms with Crippen LogP contribution in [0, 0.1) is 5.41 Å². The summed E-state index contributed by atoms with van der Waals surface area (Å²) in [5.74, 6) is 1.48. The van der Waals surface area contributed by atoms with Gasteiger partial charge in [-0.05, 0) is 62.7 Å². The van der Waals surface area contributed by atoms with E-state index in [0.29, 0.717) is 25.0 Å². The standard InChI is InChI=1S/C24H29F3N4O/c1-32-20-5-3-2-4-19(20)17-7-12-30(13-8-17)18-6-9-23(14-18)15-31(16-23)22-21(24(25,26)27)28-10-11-29-22/h2-5,10-11,17-18H,6-9,12-16H2,1H3. The normalized spacial score (nSPS) is 24.0. The largest absolute Gasteiger partial charge is 0.496 e. The lowest BCUT2D eigenvalue weighted by Gasteiger charge is -2.50. The molecule has 3 aliphatic rings. The number of para-hydroxylation sites is 1. The quantitative estimate of drug-likeness (QED) is 0.679. The first-order valence-corrected chi connectivity index (χ1v) is 11.4. The van der Waals surface area contributed by atoms with Gasteiger partial charge in [0.15, 0.2) is 11.5 Å². The number of ether oxygens (including phenoxy) is 1. The Morgan fingerprint density at radius 2 is 1.75 bits per heavy atom. The highest BCUT2D eigenvalue weighted by Crippen LogP contribution is 2.50. The fourth-order valence-corrected chi connectivity index (χ4v) is 6.03. The van der Waals surface area contributed by atoms with E-state index >= 15 is 0 Å². The predicted molar refractivity (Wildman–Crippen MR) is 116 cm³/mol. The number of hydrogen-bond acceptors (Lipinski definition) is 5. The van der Waals surface area contributed by atoms with Crippen LogP contribution in [-0.4, -0.2) is 54.2 Å². The van der Waals surface area contributed by atoms with E-state index in [4.69, 9.17) is 4.74 Å². The molecule has 0 radical (unpaired) electrons. The van der Waals surface area contributed by atoms with Crippen LogP contribution in [0.4, 0.5) is 19.0 Å². The van der Waals surface area contributed by atoms with E-state index in [0.717, 1.165) is 57.1 Å². The second-order valence-electron chi connectivity index (χ2n) is 9.53. The van der Waals surface area contributed by atoms with Gasteiger partial charge in [-0.25, -0.2) is 9.97 Å². The van der Waals surface area contributed by atoms with Crippen LogP contribution in [-0.2, 0) is 6.18 Å². The maximum absolute atomic E-state index is 13.3. The van der Waals surface area contributed by atoms with Gasteiger partial charge < -0.3 is 14.5 Å². The molecule has 2 aromatic rings. The molecule has 1 aromatic heterocycles. The topological polar surface area (TPSA) is 41.5 Å². The summed E-state index contributed by atoms with van der Waals surface area (Å²) >= 11 is 0. The molecule has 1 spiro atoms. The molecule has 0 amide bonds. The van der Waals surface area contributed by atoms with Gasteiger partial charge in [-0.1, -0.05) is 18.2 Å². The lowest BCUT2D eigenvalue weighted by atomic mass is 9.77. The van der Waals surface area contributed by atoms with E-state index in [1.54, 1.807) is 12.0 Å². The molecule has 1 saturated carbocycles. The van der Waals surface area contributed by atoms with Crippen molar-refractivity contribution in [3.05, 3.63) is 47.9 Å². The first-order valence-electron chi connectivity index (χ1n) is 11.4. The molecule has 2 saturated heterocycles. The summed E-state index contributed by atoms with van der Waals surface area (Å²) in [6.45, 7) is 3.41. The number of hydrogen-bond donors (Lipinski definition) is 0. The Hall–Kier alpha value is -2.35. The zero-order chi connectivity index (χ0) is 22.3. The monoisotopic (exact) mass is 446 g/mol. The molecular weight excluding hydrogens is 417 g/mol. The fourth-order valence-electron chi connectivity index (χ4n) is 6.03. The van der Waals surface area contributed by atoms with E-state index in [1.165, 1.54) is 11.8 Å². The molecule has 3 fully saturated rings. The number of aromatic nitrogens is 2. The molecule has 172 valence electrons. The molecule has 0 bridgehead atoms. The van der Waals surface area contributed by atoms with Crippen molar-refractivity contribution in [3.63, 3.8) is 0 Å². The summed E-state index contributed by atoms with van der Waals surface area (Å²) in [4.78, 5) is 11.9. The van der Waals surface area contributed by atoms with E-state index < -0.39 is 11.9 Å². The highest BCUT2D eigenvalue weighted by molar-refractivity contribution is 5.48. The number of benzene rings is 1. The molecule has 1 aliphatic carbocycles. The summed E-state index contributed by atoms with van der Waals surface area (Å²) in [5.41, 5.74) is 0.546. The SMILES string of the molecule is COc1ccccc1C1CCN(C2CCC3(C2)CN(c2nccnc2C(F)(F)F)C3)CC1. The molecule has 8 heteroatoms. The van der Waals surface area contributed by atoms with Crippen LogP contribution < -0.4 is 9.64 Å². The highest BCUT2D eigenvalue weighted by atomic mass is 19.4. The Balaban J connectivity index is 1.18. The van der Waals surface area contributed by atoms with Crippen molar-refractivity contribution in [3.8, 4) is 5.75 Å². The molecule has 1 atom stereocenters. The summed E-state index contributed by atoms with van der Waals surface area (Å²) in [5, 5.41) is 0. The Morgan fingerprint density at radius 1 is 1.03 bits per heavy atom. The first-order chi connectivity index (χ1) is 15.4. The van der Waals surface area contributed by atoms with Crippen LogP contribution in [0.3, 0.4) is 0 Å². The second-order valence-corrected chi connectivity index (χ2v) is 9.53. The first kappa shape index (κ1) is 21.5. The molecule has 1 unspecified atom stereocenters. The molecule has 5 nitrogen and oxygen atoms in total. The van der Waals surface area contributed by atoms with Crippen molar-refractivity contribution in [2.75, 3.05) is 38.2 Å². The summed E-state index contributed by atoms with van der Waals surface area (Å²) in [6.07, 6.45) is 3.47. The van der Waals surface area contributed by atoms with E-state index in [9.17, 15) is 13.2 Å². The summed E-state index contributed by atoms with van der Waals surface area (Å²) in [7, 11) is 1.73. The zero-order valence-electron chi connectivity index (χ0n) is 18.3. The maximum atomic E-state index is 13.3. The average molecular weight is 447 g/mol. The number of piperidine rings is 1. The molecule has 3 heterocycles. The van der Waals surface area contributed by atoms with E-state index in [1.807, 2.05) is 12.1 Å². The number of nitrogens with zero attached hydrogens (tertiary/aromatic N) is 4. The van der Waals surface area contributed by atoms with Gasteiger partial charge in [-0.2, -0.15) is 13.2 Å². The van der Waals surface area contributed by atoms with Gasteiger partial charge >= 0.3 is 6.18 Å². The van der Waals surface area contributed by atoms with Gasteiger partial charge in [-0.3, -0.25) is 0 Å². The van der Waals surface area contributed by atoms with Crippen LogP contribution in [0.25, 0.3) is 0 Å². The van der Waals surface area contributed by atoms with Crippen molar-refractivity contribution in [1.82, 2.24) is 14.9 Å². The number of likely N-dealkylation sites (tertiary alicyclic amines) is 1. The molecule has 0 N–H and O–H groups in total. The number of methoxy groups -OCH3 is 1. The van der Waals surface area contributed by atoms with Crippen molar-refractivity contribution in [1.29, 1.82) is 0 Å². The summed E-state index contributed by atoms with van der Waals surface area (Å²) < 4.78 is 45.5. The van der Waals surface area contributed by atoms with E-state index in [-0.39, 0.29) is 11.2 Å². The fraction of sp³-hybridized carbons (Fsp3) is 0.583. The Morgan fingerprint density at radius 3 is 2.47 bits per heavy atom. The van der Waals surface area contributed by atoms with Crippen LogP contribution in [0.2, 0.25) is 0 Å². The van der Waals surface area contributed by atoms with Crippen molar-refractivity contribution >= 4 is 5.82 Å². The number of alkyl halides is 3. The predicted octanol–water partition coefficient (Wildman–Crippen LogP) is 4.74. The molecule has 32 heavy (non-hydrogen) atoms.